The minimum absolute atomic E-state index is 0.105. The number of para-hydroxylation sites is 1. The van der Waals surface area contributed by atoms with Crippen LogP contribution in [-0.2, 0) is 11.8 Å². The Morgan fingerprint density at radius 1 is 1.03 bits per heavy atom. The monoisotopic (exact) mass is 499 g/mol. The quantitative estimate of drug-likeness (QED) is 0.344. The molecular formula is C26H25N7O2S. The maximum absolute atomic E-state index is 13.3. The van der Waals surface area contributed by atoms with Gasteiger partial charge in [-0.25, -0.2) is 4.68 Å². The highest BCUT2D eigenvalue weighted by molar-refractivity contribution is 7.99. The first kappa shape index (κ1) is 23.6. The van der Waals surface area contributed by atoms with E-state index in [-0.39, 0.29) is 23.3 Å². The molecule has 0 spiro atoms. The highest BCUT2D eigenvalue weighted by Crippen LogP contribution is 2.25. The zero-order chi connectivity index (χ0) is 25.2. The minimum Gasteiger partial charge on any atom is -0.349 e. The number of amides is 1. The second-order valence-corrected chi connectivity index (χ2v) is 9.37. The molecule has 0 fully saturated rings. The van der Waals surface area contributed by atoms with Crippen LogP contribution >= 0.6 is 11.8 Å². The molecule has 0 aliphatic carbocycles. The van der Waals surface area contributed by atoms with Crippen molar-refractivity contribution in [3.8, 4) is 11.4 Å². The highest BCUT2D eigenvalue weighted by atomic mass is 32.2. The number of nitrogens with zero attached hydrogens (tertiary/aromatic N) is 6. The van der Waals surface area contributed by atoms with Gasteiger partial charge in [0.15, 0.2) is 5.69 Å². The van der Waals surface area contributed by atoms with Crippen LogP contribution in [0.2, 0.25) is 0 Å². The summed E-state index contributed by atoms with van der Waals surface area (Å²) in [5, 5.41) is 17.6. The van der Waals surface area contributed by atoms with E-state index in [0.29, 0.717) is 16.5 Å². The first-order valence-corrected chi connectivity index (χ1v) is 12.5. The van der Waals surface area contributed by atoms with E-state index in [0.717, 1.165) is 22.0 Å². The summed E-state index contributed by atoms with van der Waals surface area (Å²) >= 11 is 1.18. The van der Waals surface area contributed by atoms with Crippen LogP contribution in [0.15, 0.2) is 82.7 Å². The molecule has 0 saturated heterocycles. The van der Waals surface area contributed by atoms with E-state index < -0.39 is 0 Å². The normalized spacial score (nSPS) is 12.1. The van der Waals surface area contributed by atoms with Crippen molar-refractivity contribution in [1.29, 1.82) is 0 Å². The van der Waals surface area contributed by atoms with E-state index in [9.17, 15) is 9.59 Å². The van der Waals surface area contributed by atoms with Gasteiger partial charge in [-0.05, 0) is 52.7 Å². The Bertz CT molecular complexity index is 1600. The van der Waals surface area contributed by atoms with Crippen molar-refractivity contribution in [3.63, 3.8) is 0 Å². The average molecular weight is 500 g/mol. The summed E-state index contributed by atoms with van der Waals surface area (Å²) in [5.41, 5.74) is 2.59. The van der Waals surface area contributed by atoms with Crippen LogP contribution in [-0.4, -0.2) is 41.2 Å². The summed E-state index contributed by atoms with van der Waals surface area (Å²) in [7, 11) is 1.81. The molecule has 5 aromatic rings. The number of carbonyl (C=O) groups excluding carboxylic acids is 1. The molecule has 2 heterocycles. The minimum atomic E-state index is -0.246. The molecule has 0 radical (unpaired) electrons. The third kappa shape index (κ3) is 4.31. The lowest BCUT2D eigenvalue weighted by Crippen LogP contribution is -2.28. The van der Waals surface area contributed by atoms with Crippen LogP contribution in [0.5, 0.6) is 0 Å². The molecule has 2 aromatic heterocycles. The van der Waals surface area contributed by atoms with Gasteiger partial charge in [-0.2, -0.15) is 4.68 Å². The Kier molecular flexibility index (Phi) is 6.43. The predicted octanol–water partition coefficient (Wildman–Crippen LogP) is 3.58. The fourth-order valence-corrected chi connectivity index (χ4v) is 5.01. The van der Waals surface area contributed by atoms with Gasteiger partial charge >= 0.3 is 0 Å². The van der Waals surface area contributed by atoms with Gasteiger partial charge in [0.05, 0.1) is 23.2 Å². The topological polar surface area (TPSA) is 99.6 Å². The van der Waals surface area contributed by atoms with E-state index >= 15 is 0 Å². The van der Waals surface area contributed by atoms with Crippen LogP contribution in [0.1, 0.15) is 24.2 Å². The third-order valence-electron chi connectivity index (χ3n) is 6.18. The second kappa shape index (κ2) is 9.82. The maximum atomic E-state index is 13.3. The van der Waals surface area contributed by atoms with Crippen LogP contribution in [0, 0.1) is 6.92 Å². The van der Waals surface area contributed by atoms with Gasteiger partial charge in [0, 0.05) is 7.05 Å². The second-order valence-electron chi connectivity index (χ2n) is 8.43. The smallest absolute Gasteiger partial charge is 0.297 e. The van der Waals surface area contributed by atoms with Gasteiger partial charge in [-0.3, -0.25) is 14.3 Å². The molecule has 1 atom stereocenters. The van der Waals surface area contributed by atoms with E-state index in [1.54, 1.807) is 9.36 Å². The number of carbonyl (C=O) groups is 1. The molecule has 0 saturated carbocycles. The summed E-state index contributed by atoms with van der Waals surface area (Å²) in [4.78, 5) is 26.1. The molecule has 0 bridgehead atoms. The van der Waals surface area contributed by atoms with Crippen LogP contribution < -0.4 is 10.9 Å². The Labute approximate surface area is 211 Å². The van der Waals surface area contributed by atoms with E-state index in [2.05, 4.69) is 39.0 Å². The molecule has 5 rings (SSSR count). The number of tetrazole rings is 1. The van der Waals surface area contributed by atoms with Crippen molar-refractivity contribution in [2.75, 3.05) is 5.75 Å². The largest absolute Gasteiger partial charge is 0.349 e. The van der Waals surface area contributed by atoms with Crippen molar-refractivity contribution in [1.82, 2.24) is 34.9 Å². The fraction of sp³-hybridized carbons (Fsp3) is 0.192. The number of benzene rings is 3. The predicted molar refractivity (Wildman–Crippen MR) is 140 cm³/mol. The summed E-state index contributed by atoms with van der Waals surface area (Å²) in [6.45, 7) is 3.80. The number of nitrogens with one attached hydrogen (secondary N) is 1. The molecule has 0 aliphatic heterocycles. The van der Waals surface area contributed by atoms with Crippen molar-refractivity contribution < 1.29 is 4.79 Å². The summed E-state index contributed by atoms with van der Waals surface area (Å²) in [6.07, 6.45) is 0. The Hall–Kier alpha value is -4.18. The summed E-state index contributed by atoms with van der Waals surface area (Å²) in [6, 6.07) is 23.4. The first-order chi connectivity index (χ1) is 17.5. The maximum Gasteiger partial charge on any atom is 0.297 e. The SMILES string of the molecule is Cc1c(-n2nnnc2SCC(=O)NC(C)c2cccc3ccccc23)c(=O)n(-c2ccccc2)n1C. The molecule has 3 aromatic carbocycles. The zero-order valence-corrected chi connectivity index (χ0v) is 20.9. The van der Waals surface area contributed by atoms with Crippen molar-refractivity contribution in [2.24, 2.45) is 7.05 Å². The zero-order valence-electron chi connectivity index (χ0n) is 20.1. The van der Waals surface area contributed by atoms with Gasteiger partial charge < -0.3 is 5.32 Å². The number of aromatic nitrogens is 6. The molecule has 1 unspecified atom stereocenters. The number of hydrogen-bond acceptors (Lipinski definition) is 6. The number of fused-ring (bicyclic) bond motifs is 1. The van der Waals surface area contributed by atoms with Gasteiger partial charge in [-0.15, -0.1) is 5.10 Å². The standard InChI is InChI=1S/C26H25N7O2S/c1-17(21-15-9-11-19-10-7-8-14-22(19)21)27-23(34)16-36-26-28-29-30-32(26)24-18(2)31(3)33(25(24)35)20-12-5-4-6-13-20/h4-15,17H,16H2,1-3H3,(H,27,34). The molecule has 36 heavy (non-hydrogen) atoms. The van der Waals surface area contributed by atoms with E-state index in [4.69, 9.17) is 0 Å². The lowest BCUT2D eigenvalue weighted by molar-refractivity contribution is -0.119. The molecule has 10 heteroatoms. The van der Waals surface area contributed by atoms with E-state index in [1.807, 2.05) is 75.5 Å². The Morgan fingerprint density at radius 3 is 2.56 bits per heavy atom. The Balaban J connectivity index is 1.34. The number of rotatable bonds is 7. The lowest BCUT2D eigenvalue weighted by atomic mass is 10.00. The van der Waals surface area contributed by atoms with Crippen LogP contribution in [0.25, 0.3) is 22.1 Å². The Morgan fingerprint density at radius 2 is 1.75 bits per heavy atom. The van der Waals surface area contributed by atoms with E-state index in [1.165, 1.54) is 16.4 Å². The van der Waals surface area contributed by atoms with Gasteiger partial charge in [0.1, 0.15) is 0 Å². The van der Waals surface area contributed by atoms with Gasteiger partial charge in [0.2, 0.25) is 11.1 Å². The molecule has 182 valence electrons. The summed E-state index contributed by atoms with van der Waals surface area (Å²) < 4.78 is 4.74. The van der Waals surface area contributed by atoms with Crippen molar-refractivity contribution in [3.05, 3.63) is 94.4 Å². The molecule has 0 aliphatic rings. The molecule has 9 nitrogen and oxygen atoms in total. The third-order valence-corrected chi connectivity index (χ3v) is 7.10. The van der Waals surface area contributed by atoms with Gasteiger partial charge in [-0.1, -0.05) is 72.4 Å². The number of thioether (sulfide) groups is 1. The highest BCUT2D eigenvalue weighted by Gasteiger charge is 2.22. The molecule has 1 amide bonds. The van der Waals surface area contributed by atoms with Gasteiger partial charge in [0.25, 0.3) is 5.56 Å². The average Bonchev–Trinajstić information content (AvgIpc) is 3.44. The first-order valence-electron chi connectivity index (χ1n) is 11.5. The number of hydrogen-bond donors (Lipinski definition) is 1. The lowest BCUT2D eigenvalue weighted by Gasteiger charge is -2.16. The van der Waals surface area contributed by atoms with Crippen molar-refractivity contribution in [2.45, 2.75) is 25.0 Å². The molecule has 1 N–H and O–H groups in total. The summed E-state index contributed by atoms with van der Waals surface area (Å²) in [5.74, 6) is -0.0460. The van der Waals surface area contributed by atoms with Crippen LogP contribution in [0.4, 0.5) is 0 Å². The van der Waals surface area contributed by atoms with Crippen LogP contribution in [0.3, 0.4) is 0 Å². The molecular weight excluding hydrogens is 474 g/mol. The van der Waals surface area contributed by atoms with Crippen molar-refractivity contribution >= 4 is 28.4 Å². The fourth-order valence-electron chi connectivity index (χ4n) is 4.33.